The summed E-state index contributed by atoms with van der Waals surface area (Å²) in [5.74, 6) is -3.16. The topological polar surface area (TPSA) is 94.5 Å². The molecule has 0 bridgehead atoms. The average Bonchev–Trinajstić information content (AvgIpc) is 2.79. The smallest absolute Gasteiger partial charge is 0.497 e. The summed E-state index contributed by atoms with van der Waals surface area (Å²) in [6.45, 7) is 0.679. The maximum absolute atomic E-state index is 14.5. The fourth-order valence-corrected chi connectivity index (χ4v) is 3.72. The van der Waals surface area contributed by atoms with Crippen LogP contribution in [0.4, 0.5) is 13.6 Å². The number of hydrogen-bond acceptors (Lipinski definition) is 7. The van der Waals surface area contributed by atoms with Crippen molar-refractivity contribution in [3.63, 3.8) is 0 Å². The molecule has 0 aromatic heterocycles. The van der Waals surface area contributed by atoms with Gasteiger partial charge >= 0.3 is 12.1 Å². The predicted molar refractivity (Wildman–Crippen MR) is 115 cm³/mol. The van der Waals surface area contributed by atoms with Crippen molar-refractivity contribution in [2.24, 2.45) is 0 Å². The van der Waals surface area contributed by atoms with E-state index in [4.69, 9.17) is 21.1 Å². The van der Waals surface area contributed by atoms with Gasteiger partial charge in [0.25, 0.3) is 0 Å². The molecule has 1 heterocycles. The Morgan fingerprint density at radius 3 is 2.48 bits per heavy atom. The Kier molecular flexibility index (Phi) is 8.12. The summed E-state index contributed by atoms with van der Waals surface area (Å²) in [6.07, 6.45) is -8.37. The Hall–Kier alpha value is -2.46. The van der Waals surface area contributed by atoms with Crippen LogP contribution in [0.1, 0.15) is 29.7 Å². The monoisotopic (exact) mass is 486 g/mol. The van der Waals surface area contributed by atoms with E-state index in [-0.39, 0.29) is 6.61 Å². The third-order valence-electron chi connectivity index (χ3n) is 5.33. The molecule has 0 amide bonds. The normalized spacial score (nSPS) is 24.2. The maximum atomic E-state index is 14.5. The molecule has 4 atom stereocenters. The first-order valence-corrected chi connectivity index (χ1v) is 10.6. The Balaban J connectivity index is 1.82. The number of carbonyl (C=O) groups excluding carboxylic acids is 1. The van der Waals surface area contributed by atoms with Gasteiger partial charge in [0.2, 0.25) is 0 Å². The molecule has 1 fully saturated rings. The van der Waals surface area contributed by atoms with Gasteiger partial charge in [0, 0.05) is 5.02 Å². The van der Waals surface area contributed by atoms with Crippen molar-refractivity contribution >= 4 is 17.8 Å². The predicted octanol–water partition coefficient (Wildman–Crippen LogP) is 3.91. The molecule has 0 spiro atoms. The summed E-state index contributed by atoms with van der Waals surface area (Å²) < 4.78 is 48.9. The molecule has 180 valence electrons. The number of rotatable bonds is 7. The Bertz CT molecular complexity index is 954. The SMILES string of the molecule is CCOC(=O)OCC1OC(c2ccc(Cl)c(Cc3ccc(OC)cc3)c2)C(O)C(O)C1(F)F. The first kappa shape index (κ1) is 25.2. The molecule has 2 N–H and O–H groups in total. The van der Waals surface area contributed by atoms with E-state index in [1.54, 1.807) is 31.4 Å². The van der Waals surface area contributed by atoms with Gasteiger partial charge in [-0.15, -0.1) is 0 Å². The molecule has 4 unspecified atom stereocenters. The van der Waals surface area contributed by atoms with Crippen LogP contribution in [0.25, 0.3) is 0 Å². The molecule has 1 aliphatic rings. The molecule has 0 aliphatic carbocycles. The summed E-state index contributed by atoms with van der Waals surface area (Å²) in [5.41, 5.74) is 1.93. The molecule has 1 aliphatic heterocycles. The van der Waals surface area contributed by atoms with Crippen molar-refractivity contribution in [1.82, 2.24) is 0 Å². The van der Waals surface area contributed by atoms with Crippen LogP contribution in [0, 0.1) is 0 Å². The van der Waals surface area contributed by atoms with E-state index in [0.29, 0.717) is 28.3 Å². The highest BCUT2D eigenvalue weighted by Crippen LogP contribution is 2.41. The van der Waals surface area contributed by atoms with E-state index in [1.165, 1.54) is 13.0 Å². The van der Waals surface area contributed by atoms with Crippen LogP contribution >= 0.6 is 11.6 Å². The Morgan fingerprint density at radius 1 is 1.15 bits per heavy atom. The Morgan fingerprint density at radius 2 is 1.85 bits per heavy atom. The molecule has 1 saturated heterocycles. The number of alkyl halides is 2. The summed E-state index contributed by atoms with van der Waals surface area (Å²) in [5, 5.41) is 20.9. The second kappa shape index (κ2) is 10.6. The zero-order chi connectivity index (χ0) is 24.2. The van der Waals surface area contributed by atoms with E-state index in [0.717, 1.165) is 5.56 Å². The van der Waals surface area contributed by atoms with Crippen LogP contribution in [-0.2, 0) is 20.6 Å². The third kappa shape index (κ3) is 5.73. The number of aliphatic hydroxyl groups is 2. The lowest BCUT2D eigenvalue weighted by Gasteiger charge is -2.42. The number of ether oxygens (including phenoxy) is 4. The largest absolute Gasteiger partial charge is 0.508 e. The highest BCUT2D eigenvalue weighted by atomic mass is 35.5. The number of aliphatic hydroxyl groups excluding tert-OH is 2. The number of methoxy groups -OCH3 is 1. The number of carbonyl (C=O) groups is 1. The molecular formula is C23H25ClF2O7. The zero-order valence-electron chi connectivity index (χ0n) is 18.0. The first-order valence-electron chi connectivity index (χ1n) is 10.3. The van der Waals surface area contributed by atoms with E-state index < -0.39 is 43.1 Å². The fraction of sp³-hybridized carbons (Fsp3) is 0.435. The Labute approximate surface area is 194 Å². The molecule has 0 radical (unpaired) electrons. The van der Waals surface area contributed by atoms with Crippen LogP contribution in [0.3, 0.4) is 0 Å². The van der Waals surface area contributed by atoms with Gasteiger partial charge in [-0.05, 0) is 48.2 Å². The molecule has 33 heavy (non-hydrogen) atoms. The summed E-state index contributed by atoms with van der Waals surface area (Å²) >= 11 is 6.33. The lowest BCUT2D eigenvalue weighted by molar-refractivity contribution is -0.296. The van der Waals surface area contributed by atoms with Crippen molar-refractivity contribution in [3.05, 3.63) is 64.2 Å². The third-order valence-corrected chi connectivity index (χ3v) is 5.70. The van der Waals surface area contributed by atoms with Gasteiger partial charge in [0.05, 0.1) is 13.7 Å². The van der Waals surface area contributed by atoms with Gasteiger partial charge in [-0.1, -0.05) is 35.9 Å². The minimum absolute atomic E-state index is 0.00641. The maximum Gasteiger partial charge on any atom is 0.508 e. The minimum atomic E-state index is -3.86. The molecule has 10 heteroatoms. The van der Waals surface area contributed by atoms with E-state index in [9.17, 15) is 23.8 Å². The molecule has 0 saturated carbocycles. The summed E-state index contributed by atoms with van der Waals surface area (Å²) in [7, 11) is 1.56. The van der Waals surface area contributed by atoms with E-state index in [1.807, 2.05) is 12.1 Å². The van der Waals surface area contributed by atoms with Gasteiger partial charge in [-0.25, -0.2) is 13.6 Å². The summed E-state index contributed by atoms with van der Waals surface area (Å²) in [6, 6.07) is 12.0. The van der Waals surface area contributed by atoms with E-state index >= 15 is 0 Å². The number of hydrogen-bond donors (Lipinski definition) is 2. The van der Waals surface area contributed by atoms with Gasteiger partial charge in [-0.2, -0.15) is 0 Å². The van der Waals surface area contributed by atoms with Gasteiger partial charge in [0.15, 0.2) is 6.10 Å². The standard InChI is InChI=1S/C23H25ClF2O7/c1-3-31-22(29)32-12-18-23(25,26)21(28)19(27)20(33-18)14-6-9-17(24)15(11-14)10-13-4-7-16(30-2)8-5-13/h4-9,11,18-21,27-28H,3,10,12H2,1-2H3. The molecule has 3 rings (SSSR count). The van der Waals surface area contributed by atoms with Gasteiger partial charge < -0.3 is 29.2 Å². The molecule has 2 aromatic rings. The second-order valence-corrected chi connectivity index (χ2v) is 7.93. The lowest BCUT2D eigenvalue weighted by Crippen LogP contribution is -2.60. The van der Waals surface area contributed by atoms with Crippen LogP contribution in [0.15, 0.2) is 42.5 Å². The quantitative estimate of drug-likeness (QED) is 0.573. The zero-order valence-corrected chi connectivity index (χ0v) is 18.8. The average molecular weight is 487 g/mol. The number of benzene rings is 2. The molecule has 2 aromatic carbocycles. The van der Waals surface area contributed by atoms with Crippen LogP contribution in [0.2, 0.25) is 5.02 Å². The van der Waals surface area contributed by atoms with E-state index in [2.05, 4.69) is 9.47 Å². The van der Waals surface area contributed by atoms with Crippen molar-refractivity contribution < 1.29 is 42.7 Å². The highest BCUT2D eigenvalue weighted by Gasteiger charge is 2.58. The van der Waals surface area contributed by atoms with Gasteiger partial charge in [-0.3, -0.25) is 0 Å². The molecule has 7 nitrogen and oxygen atoms in total. The second-order valence-electron chi connectivity index (χ2n) is 7.53. The first-order chi connectivity index (χ1) is 15.7. The summed E-state index contributed by atoms with van der Waals surface area (Å²) in [4.78, 5) is 11.4. The number of halogens is 3. The van der Waals surface area contributed by atoms with Crippen LogP contribution in [0.5, 0.6) is 5.75 Å². The van der Waals surface area contributed by atoms with Crippen molar-refractivity contribution in [1.29, 1.82) is 0 Å². The fourth-order valence-electron chi connectivity index (χ4n) is 3.53. The van der Waals surface area contributed by atoms with Crippen molar-refractivity contribution in [3.8, 4) is 5.75 Å². The van der Waals surface area contributed by atoms with Crippen molar-refractivity contribution in [2.45, 2.75) is 43.7 Å². The minimum Gasteiger partial charge on any atom is -0.497 e. The lowest BCUT2D eigenvalue weighted by atomic mass is 9.89. The van der Waals surface area contributed by atoms with Crippen LogP contribution < -0.4 is 4.74 Å². The van der Waals surface area contributed by atoms with Crippen LogP contribution in [-0.4, -0.2) is 60.9 Å². The van der Waals surface area contributed by atoms with Gasteiger partial charge in [0.1, 0.15) is 30.7 Å². The van der Waals surface area contributed by atoms with Crippen molar-refractivity contribution in [2.75, 3.05) is 20.3 Å². The molecular weight excluding hydrogens is 462 g/mol. The highest BCUT2D eigenvalue weighted by molar-refractivity contribution is 6.31.